The fraction of sp³-hybridized carbons (Fsp3) is 0.333. The van der Waals surface area contributed by atoms with Gasteiger partial charge in [-0.1, -0.05) is 11.8 Å². The molecule has 0 radical (unpaired) electrons. The minimum Gasteiger partial charge on any atom is -0.395 e. The Hall–Kier alpha value is -2.19. The van der Waals surface area contributed by atoms with Crippen LogP contribution in [0.25, 0.3) is 0 Å². The maximum Gasteiger partial charge on any atom is 0.237 e. The monoisotopic (exact) mass is 273 g/mol. The lowest BCUT2D eigenvalue weighted by molar-refractivity contribution is -0.123. The van der Waals surface area contributed by atoms with Gasteiger partial charge in [0, 0.05) is 12.0 Å². The van der Waals surface area contributed by atoms with E-state index in [2.05, 4.69) is 11.8 Å². The van der Waals surface area contributed by atoms with Gasteiger partial charge in [0.1, 0.15) is 5.82 Å². The molecule has 2 amide bonds. The molecule has 1 aliphatic heterocycles. The van der Waals surface area contributed by atoms with E-state index in [1.165, 1.54) is 12.1 Å². The van der Waals surface area contributed by atoms with E-state index in [0.29, 0.717) is 18.4 Å². The number of imide groups is 1. The molecule has 0 spiro atoms. The van der Waals surface area contributed by atoms with Crippen LogP contribution in [0.3, 0.4) is 0 Å². The van der Waals surface area contributed by atoms with Crippen LogP contribution in [-0.2, 0) is 9.59 Å². The van der Waals surface area contributed by atoms with E-state index in [1.807, 2.05) is 0 Å². The molecular weight excluding hydrogens is 261 g/mol. The molecule has 4 nitrogen and oxygen atoms in total. The molecule has 2 aliphatic rings. The predicted molar refractivity (Wildman–Crippen MR) is 69.1 cm³/mol. The normalized spacial score (nSPS) is 23.4. The first kappa shape index (κ1) is 12.8. The zero-order valence-corrected chi connectivity index (χ0v) is 10.6. The average Bonchev–Trinajstić information content (AvgIpc) is 3.17. The maximum atomic E-state index is 14.0. The number of piperidine rings is 1. The molecule has 1 N–H and O–H groups in total. The van der Waals surface area contributed by atoms with Crippen LogP contribution in [0, 0.1) is 29.5 Å². The summed E-state index contributed by atoms with van der Waals surface area (Å²) in [6, 6.07) is 4.16. The number of amides is 2. The van der Waals surface area contributed by atoms with Crippen LogP contribution in [0.15, 0.2) is 18.2 Å². The van der Waals surface area contributed by atoms with Crippen molar-refractivity contribution >= 4 is 17.5 Å². The number of rotatable bonds is 2. The molecule has 0 aromatic heterocycles. The topological polar surface area (TPSA) is 57.6 Å². The highest BCUT2D eigenvalue weighted by Gasteiger charge is 2.59. The Morgan fingerprint density at radius 1 is 1.30 bits per heavy atom. The van der Waals surface area contributed by atoms with Gasteiger partial charge in [-0.3, -0.25) is 9.59 Å². The van der Waals surface area contributed by atoms with Crippen LogP contribution >= 0.6 is 0 Å². The number of aliphatic hydroxyl groups excluding tert-OH is 1. The van der Waals surface area contributed by atoms with Gasteiger partial charge in [-0.15, -0.1) is 0 Å². The summed E-state index contributed by atoms with van der Waals surface area (Å²) in [7, 11) is 0. The SMILES string of the molecule is O=C1C2CC2C(=O)N1c1ccc(C#CCCO)cc1F. The van der Waals surface area contributed by atoms with Crippen molar-refractivity contribution in [2.24, 2.45) is 11.8 Å². The number of carbonyl (C=O) groups is 2. The predicted octanol–water partition coefficient (Wildman–Crippen LogP) is 1.07. The summed E-state index contributed by atoms with van der Waals surface area (Å²) < 4.78 is 14.0. The molecule has 1 saturated carbocycles. The average molecular weight is 273 g/mol. The zero-order valence-electron chi connectivity index (χ0n) is 10.6. The van der Waals surface area contributed by atoms with Gasteiger partial charge < -0.3 is 5.11 Å². The van der Waals surface area contributed by atoms with Gasteiger partial charge >= 0.3 is 0 Å². The van der Waals surface area contributed by atoms with E-state index in [4.69, 9.17) is 5.11 Å². The lowest BCUT2D eigenvalue weighted by Crippen LogP contribution is -2.33. The van der Waals surface area contributed by atoms with Crippen molar-refractivity contribution in [2.45, 2.75) is 12.8 Å². The highest BCUT2D eigenvalue weighted by Crippen LogP contribution is 2.48. The molecule has 1 saturated heterocycles. The largest absolute Gasteiger partial charge is 0.395 e. The van der Waals surface area contributed by atoms with Crippen molar-refractivity contribution in [2.75, 3.05) is 11.5 Å². The first-order valence-corrected chi connectivity index (χ1v) is 6.40. The van der Waals surface area contributed by atoms with Crippen LogP contribution in [0.1, 0.15) is 18.4 Å². The fourth-order valence-corrected chi connectivity index (χ4v) is 2.40. The Bertz CT molecular complexity index is 639. The Labute approximate surface area is 115 Å². The minimum atomic E-state index is -0.635. The number of nitrogens with zero attached hydrogens (tertiary/aromatic N) is 1. The van der Waals surface area contributed by atoms with E-state index >= 15 is 0 Å². The fourth-order valence-electron chi connectivity index (χ4n) is 2.40. The molecule has 2 unspecified atom stereocenters. The molecule has 2 atom stereocenters. The molecule has 1 aromatic carbocycles. The molecule has 3 rings (SSSR count). The van der Waals surface area contributed by atoms with Crippen molar-refractivity contribution < 1.29 is 19.1 Å². The molecule has 102 valence electrons. The number of halogens is 1. The third-order valence-electron chi connectivity index (χ3n) is 3.52. The van der Waals surface area contributed by atoms with Gasteiger partial charge in [0.15, 0.2) is 0 Å². The molecule has 0 bridgehead atoms. The minimum absolute atomic E-state index is 0.0000850. The van der Waals surface area contributed by atoms with E-state index in [9.17, 15) is 14.0 Å². The molecule has 20 heavy (non-hydrogen) atoms. The van der Waals surface area contributed by atoms with Crippen LogP contribution in [0.5, 0.6) is 0 Å². The maximum absolute atomic E-state index is 14.0. The highest BCUT2D eigenvalue weighted by atomic mass is 19.1. The summed E-state index contributed by atoms with van der Waals surface area (Å²) in [5, 5.41) is 8.62. The lowest BCUT2D eigenvalue weighted by atomic mass is 10.1. The number of carbonyl (C=O) groups excluding carboxylic acids is 2. The molecular formula is C15H12FNO3. The summed E-state index contributed by atoms with van der Waals surface area (Å²) in [4.78, 5) is 24.7. The van der Waals surface area contributed by atoms with Gasteiger partial charge in [0.25, 0.3) is 0 Å². The summed E-state index contributed by atoms with van der Waals surface area (Å²) in [5.41, 5.74) is 0.448. The molecule has 1 heterocycles. The zero-order chi connectivity index (χ0) is 14.3. The number of aliphatic hydroxyl groups is 1. The smallest absolute Gasteiger partial charge is 0.237 e. The van der Waals surface area contributed by atoms with Gasteiger partial charge in [0.2, 0.25) is 11.8 Å². The van der Waals surface area contributed by atoms with Crippen LogP contribution in [0.4, 0.5) is 10.1 Å². The van der Waals surface area contributed by atoms with E-state index in [0.717, 1.165) is 4.90 Å². The first-order valence-electron chi connectivity index (χ1n) is 6.40. The number of hydrogen-bond acceptors (Lipinski definition) is 3. The second-order valence-electron chi connectivity index (χ2n) is 4.90. The molecule has 5 heteroatoms. The number of hydrogen-bond donors (Lipinski definition) is 1. The Morgan fingerprint density at radius 3 is 2.60 bits per heavy atom. The number of benzene rings is 1. The van der Waals surface area contributed by atoms with Crippen molar-refractivity contribution in [3.8, 4) is 11.8 Å². The standard InChI is InChI=1S/C15H12FNO3/c16-12-7-9(3-1-2-6-18)4-5-13(12)17-14(19)10-8-11(10)15(17)20/h4-5,7,10-11,18H,2,6,8H2. The Balaban J connectivity index is 1.87. The van der Waals surface area contributed by atoms with Gasteiger partial charge in [0.05, 0.1) is 24.1 Å². The number of fused-ring (bicyclic) bond motifs is 1. The summed E-state index contributed by atoms with van der Waals surface area (Å²) in [6.45, 7) is -0.0485. The summed E-state index contributed by atoms with van der Waals surface area (Å²) in [6.07, 6.45) is 0.913. The summed E-state index contributed by atoms with van der Waals surface area (Å²) >= 11 is 0. The number of anilines is 1. The second kappa shape index (κ2) is 4.73. The van der Waals surface area contributed by atoms with Crippen LogP contribution < -0.4 is 4.90 Å². The first-order chi connectivity index (χ1) is 9.63. The van der Waals surface area contributed by atoms with Gasteiger partial charge in [-0.05, 0) is 24.6 Å². The quantitative estimate of drug-likeness (QED) is 0.647. The van der Waals surface area contributed by atoms with Crippen molar-refractivity contribution in [1.29, 1.82) is 0 Å². The molecule has 1 aliphatic carbocycles. The van der Waals surface area contributed by atoms with Gasteiger partial charge in [-0.25, -0.2) is 9.29 Å². The van der Waals surface area contributed by atoms with E-state index in [1.54, 1.807) is 6.07 Å². The van der Waals surface area contributed by atoms with Crippen LogP contribution in [-0.4, -0.2) is 23.5 Å². The third kappa shape index (κ3) is 1.98. The molecule has 1 aromatic rings. The Kier molecular flexibility index (Phi) is 3.03. The van der Waals surface area contributed by atoms with Crippen molar-refractivity contribution in [3.05, 3.63) is 29.6 Å². The molecule has 2 fully saturated rings. The summed E-state index contributed by atoms with van der Waals surface area (Å²) in [5.74, 6) is 3.65. The second-order valence-corrected chi connectivity index (χ2v) is 4.90. The van der Waals surface area contributed by atoms with E-state index in [-0.39, 0.29) is 35.9 Å². The lowest BCUT2D eigenvalue weighted by Gasteiger charge is -2.17. The Morgan fingerprint density at radius 2 is 2.00 bits per heavy atom. The van der Waals surface area contributed by atoms with Crippen molar-refractivity contribution in [1.82, 2.24) is 0 Å². The van der Waals surface area contributed by atoms with Gasteiger partial charge in [-0.2, -0.15) is 0 Å². The van der Waals surface area contributed by atoms with E-state index < -0.39 is 5.82 Å². The highest BCUT2D eigenvalue weighted by molar-refractivity contribution is 6.24. The van der Waals surface area contributed by atoms with Crippen LogP contribution in [0.2, 0.25) is 0 Å². The third-order valence-corrected chi connectivity index (χ3v) is 3.52. The van der Waals surface area contributed by atoms with Crippen molar-refractivity contribution in [3.63, 3.8) is 0 Å².